The molecule has 1 atom stereocenters. The van der Waals surface area contributed by atoms with Gasteiger partial charge in [0.15, 0.2) is 0 Å². The Labute approximate surface area is 148 Å². The number of hydrogen-bond donors (Lipinski definition) is 2. The maximum absolute atomic E-state index is 12.6. The fourth-order valence-electron chi connectivity index (χ4n) is 2.80. The van der Waals surface area contributed by atoms with Gasteiger partial charge in [-0.3, -0.25) is 9.59 Å². The molecule has 2 amide bonds. The number of benzene rings is 1. The van der Waals surface area contributed by atoms with E-state index in [9.17, 15) is 9.59 Å². The zero-order valence-corrected chi connectivity index (χ0v) is 15.1. The number of carbonyl (C=O) groups is 2. The summed E-state index contributed by atoms with van der Waals surface area (Å²) in [4.78, 5) is 26.2. The van der Waals surface area contributed by atoms with E-state index in [2.05, 4.69) is 24.5 Å². The molecular formula is C18H26ClN3O2. The normalized spacial score (nSPS) is 17.8. The van der Waals surface area contributed by atoms with Gasteiger partial charge in [-0.05, 0) is 30.0 Å². The third-order valence-electron chi connectivity index (χ3n) is 4.18. The van der Waals surface area contributed by atoms with Gasteiger partial charge in [0.05, 0.1) is 12.6 Å². The van der Waals surface area contributed by atoms with E-state index in [-0.39, 0.29) is 24.4 Å². The van der Waals surface area contributed by atoms with Crippen LogP contribution in [0.3, 0.4) is 0 Å². The molecule has 0 saturated carbocycles. The van der Waals surface area contributed by atoms with Gasteiger partial charge in [-0.2, -0.15) is 0 Å². The van der Waals surface area contributed by atoms with E-state index in [0.29, 0.717) is 30.5 Å². The summed E-state index contributed by atoms with van der Waals surface area (Å²) in [6.07, 6.45) is 1.29. The molecule has 2 rings (SSSR count). The summed E-state index contributed by atoms with van der Waals surface area (Å²) >= 11 is 6.07. The van der Waals surface area contributed by atoms with Crippen LogP contribution in [0.15, 0.2) is 24.3 Å². The first-order valence-corrected chi connectivity index (χ1v) is 8.87. The molecule has 24 heavy (non-hydrogen) atoms. The molecule has 6 heteroatoms. The summed E-state index contributed by atoms with van der Waals surface area (Å²) in [5.41, 5.74) is 1.01. The number of piperazine rings is 1. The Hall–Kier alpha value is -1.59. The second-order valence-corrected chi connectivity index (χ2v) is 7.01. The molecule has 1 aromatic carbocycles. The third kappa shape index (κ3) is 5.49. The van der Waals surface area contributed by atoms with E-state index in [1.54, 1.807) is 0 Å². The van der Waals surface area contributed by atoms with Crippen LogP contribution in [0.1, 0.15) is 38.3 Å². The monoisotopic (exact) mass is 351 g/mol. The Morgan fingerprint density at radius 1 is 1.42 bits per heavy atom. The summed E-state index contributed by atoms with van der Waals surface area (Å²) in [5.74, 6) is 0.359. The Bertz CT molecular complexity index is 577. The summed E-state index contributed by atoms with van der Waals surface area (Å²) in [5, 5.41) is 6.71. The molecule has 0 radical (unpaired) electrons. The van der Waals surface area contributed by atoms with Crippen LogP contribution < -0.4 is 10.6 Å². The van der Waals surface area contributed by atoms with Gasteiger partial charge < -0.3 is 15.5 Å². The van der Waals surface area contributed by atoms with Crippen LogP contribution in [0.5, 0.6) is 0 Å². The number of amides is 2. The van der Waals surface area contributed by atoms with Crippen LogP contribution in [-0.2, 0) is 9.59 Å². The lowest BCUT2D eigenvalue weighted by Crippen LogP contribution is -2.51. The molecule has 0 aliphatic carbocycles. The fraction of sp³-hybridized carbons (Fsp3) is 0.556. The summed E-state index contributed by atoms with van der Waals surface area (Å²) in [6.45, 7) is 6.27. The van der Waals surface area contributed by atoms with Crippen molar-refractivity contribution in [2.75, 3.05) is 26.2 Å². The predicted octanol–water partition coefficient (Wildman–Crippen LogP) is 2.37. The van der Waals surface area contributed by atoms with E-state index in [1.807, 2.05) is 29.2 Å². The van der Waals surface area contributed by atoms with Crippen LogP contribution in [0.2, 0.25) is 5.02 Å². The van der Waals surface area contributed by atoms with Crippen LogP contribution >= 0.6 is 11.6 Å². The van der Waals surface area contributed by atoms with Crippen molar-refractivity contribution >= 4 is 23.4 Å². The average Bonchev–Trinajstić information content (AvgIpc) is 2.57. The quantitative estimate of drug-likeness (QED) is 0.827. The average molecular weight is 352 g/mol. The highest BCUT2D eigenvalue weighted by atomic mass is 35.5. The van der Waals surface area contributed by atoms with Crippen molar-refractivity contribution < 1.29 is 9.59 Å². The van der Waals surface area contributed by atoms with Gasteiger partial charge in [-0.25, -0.2) is 0 Å². The summed E-state index contributed by atoms with van der Waals surface area (Å²) in [7, 11) is 0. The highest BCUT2D eigenvalue weighted by molar-refractivity contribution is 6.30. The first kappa shape index (κ1) is 18.7. The zero-order chi connectivity index (χ0) is 17.5. The minimum atomic E-state index is -0.0634. The number of rotatable bonds is 6. The number of carbonyl (C=O) groups excluding carboxylic acids is 2. The molecule has 132 valence electrons. The minimum absolute atomic E-state index is 0.0496. The molecule has 1 fully saturated rings. The minimum Gasteiger partial charge on any atom is -0.347 e. The fourth-order valence-corrected chi connectivity index (χ4v) is 3.00. The molecule has 1 unspecified atom stereocenters. The van der Waals surface area contributed by atoms with Gasteiger partial charge >= 0.3 is 0 Å². The number of nitrogens with one attached hydrogen (secondary N) is 2. The Kier molecular flexibility index (Phi) is 7.06. The first-order chi connectivity index (χ1) is 11.5. The van der Waals surface area contributed by atoms with Crippen molar-refractivity contribution in [1.82, 2.24) is 15.5 Å². The largest absolute Gasteiger partial charge is 0.347 e. The molecule has 0 spiro atoms. The highest BCUT2D eigenvalue weighted by Crippen LogP contribution is 2.24. The number of halogens is 1. The lowest BCUT2D eigenvalue weighted by Gasteiger charge is -2.36. The predicted molar refractivity (Wildman–Crippen MR) is 95.9 cm³/mol. The Morgan fingerprint density at radius 2 is 2.21 bits per heavy atom. The van der Waals surface area contributed by atoms with Crippen molar-refractivity contribution in [2.45, 2.75) is 32.7 Å². The van der Waals surface area contributed by atoms with E-state index in [4.69, 9.17) is 11.6 Å². The summed E-state index contributed by atoms with van der Waals surface area (Å²) in [6, 6.07) is 7.52. The molecule has 0 aromatic heterocycles. The third-order valence-corrected chi connectivity index (χ3v) is 4.42. The SMILES string of the molecule is CC(C)CCC(=O)NCC(=O)N1CCNCC1c1cccc(Cl)c1. The van der Waals surface area contributed by atoms with Crippen molar-refractivity contribution in [2.24, 2.45) is 5.92 Å². The van der Waals surface area contributed by atoms with Gasteiger partial charge in [0, 0.05) is 31.1 Å². The standard InChI is InChI=1S/C18H26ClN3O2/c1-13(2)6-7-17(23)21-12-18(24)22-9-8-20-11-16(22)14-4-3-5-15(19)10-14/h3-5,10,13,16,20H,6-9,11-12H2,1-2H3,(H,21,23). The van der Waals surface area contributed by atoms with Gasteiger partial charge in [0.2, 0.25) is 11.8 Å². The molecule has 1 saturated heterocycles. The molecule has 5 nitrogen and oxygen atoms in total. The summed E-state index contributed by atoms with van der Waals surface area (Å²) < 4.78 is 0. The maximum Gasteiger partial charge on any atom is 0.242 e. The first-order valence-electron chi connectivity index (χ1n) is 8.49. The van der Waals surface area contributed by atoms with Crippen LogP contribution in [0.25, 0.3) is 0 Å². The highest BCUT2D eigenvalue weighted by Gasteiger charge is 2.27. The van der Waals surface area contributed by atoms with Crippen molar-refractivity contribution in [1.29, 1.82) is 0 Å². The second-order valence-electron chi connectivity index (χ2n) is 6.57. The topological polar surface area (TPSA) is 61.4 Å². The number of hydrogen-bond acceptors (Lipinski definition) is 3. The molecule has 1 aliphatic rings. The van der Waals surface area contributed by atoms with E-state index < -0.39 is 0 Å². The molecule has 1 heterocycles. The molecule has 1 aliphatic heterocycles. The van der Waals surface area contributed by atoms with Crippen LogP contribution in [0, 0.1) is 5.92 Å². The zero-order valence-electron chi connectivity index (χ0n) is 14.3. The van der Waals surface area contributed by atoms with E-state index in [1.165, 1.54) is 0 Å². The van der Waals surface area contributed by atoms with Crippen molar-refractivity contribution in [3.05, 3.63) is 34.9 Å². The molecule has 2 N–H and O–H groups in total. The Morgan fingerprint density at radius 3 is 2.92 bits per heavy atom. The lowest BCUT2D eigenvalue weighted by molar-refractivity contribution is -0.135. The van der Waals surface area contributed by atoms with Gasteiger partial charge in [0.25, 0.3) is 0 Å². The van der Waals surface area contributed by atoms with E-state index >= 15 is 0 Å². The maximum atomic E-state index is 12.6. The molecule has 0 bridgehead atoms. The van der Waals surface area contributed by atoms with Gasteiger partial charge in [-0.15, -0.1) is 0 Å². The second kappa shape index (κ2) is 9.04. The lowest BCUT2D eigenvalue weighted by atomic mass is 10.0. The van der Waals surface area contributed by atoms with Crippen molar-refractivity contribution in [3.63, 3.8) is 0 Å². The van der Waals surface area contributed by atoms with E-state index in [0.717, 1.165) is 18.5 Å². The Balaban J connectivity index is 1.94. The van der Waals surface area contributed by atoms with Crippen LogP contribution in [0.4, 0.5) is 0 Å². The molecule has 1 aromatic rings. The van der Waals surface area contributed by atoms with Crippen molar-refractivity contribution in [3.8, 4) is 0 Å². The van der Waals surface area contributed by atoms with Gasteiger partial charge in [0.1, 0.15) is 0 Å². The number of nitrogens with zero attached hydrogens (tertiary/aromatic N) is 1. The smallest absolute Gasteiger partial charge is 0.242 e. The molecular weight excluding hydrogens is 326 g/mol. The van der Waals surface area contributed by atoms with Gasteiger partial charge in [-0.1, -0.05) is 37.6 Å². The van der Waals surface area contributed by atoms with Crippen LogP contribution in [-0.4, -0.2) is 42.9 Å².